The number of hydrogen-bond donors (Lipinski definition) is 1. The zero-order chi connectivity index (χ0) is 12.1. The van der Waals surface area contributed by atoms with Crippen molar-refractivity contribution in [3.63, 3.8) is 0 Å². The Morgan fingerprint density at radius 3 is 3.00 bits per heavy atom. The van der Waals surface area contributed by atoms with Gasteiger partial charge in [-0.15, -0.1) is 11.3 Å². The highest BCUT2D eigenvalue weighted by Crippen LogP contribution is 2.29. The van der Waals surface area contributed by atoms with Crippen molar-refractivity contribution in [2.75, 3.05) is 5.73 Å². The van der Waals surface area contributed by atoms with Gasteiger partial charge in [0.1, 0.15) is 5.82 Å². The van der Waals surface area contributed by atoms with Crippen molar-refractivity contribution in [3.8, 4) is 11.3 Å². The number of thiazole rings is 1. The predicted molar refractivity (Wildman–Crippen MR) is 74.9 cm³/mol. The molecule has 1 aromatic carbocycles. The van der Waals surface area contributed by atoms with Crippen LogP contribution in [0.1, 0.15) is 17.5 Å². The number of anilines is 1. The van der Waals surface area contributed by atoms with Crippen LogP contribution in [0.2, 0.25) is 0 Å². The average molecular weight is 255 g/mol. The third-order valence-electron chi connectivity index (χ3n) is 3.63. The van der Waals surface area contributed by atoms with Gasteiger partial charge < -0.3 is 5.73 Å². The number of aryl methyl sites for hydroxylation is 2. The highest BCUT2D eigenvalue weighted by atomic mass is 32.1. The third-order valence-corrected chi connectivity index (χ3v) is 4.49. The summed E-state index contributed by atoms with van der Waals surface area (Å²) in [6, 6.07) is 6.70. The van der Waals surface area contributed by atoms with E-state index >= 15 is 0 Å². The summed E-state index contributed by atoms with van der Waals surface area (Å²) in [5.41, 5.74) is 11.1. The number of nitrogen functional groups attached to an aromatic ring is 1. The van der Waals surface area contributed by atoms with E-state index in [-0.39, 0.29) is 0 Å². The molecule has 0 atom stereocenters. The summed E-state index contributed by atoms with van der Waals surface area (Å²) in [6.07, 6.45) is 5.73. The molecule has 2 heterocycles. The summed E-state index contributed by atoms with van der Waals surface area (Å²) in [4.78, 5) is 5.59. The number of benzene rings is 1. The summed E-state index contributed by atoms with van der Waals surface area (Å²) in [5.74, 6) is 0.759. The molecule has 0 saturated carbocycles. The van der Waals surface area contributed by atoms with Gasteiger partial charge in [0.05, 0.1) is 5.69 Å². The first-order valence-electron chi connectivity index (χ1n) is 6.15. The number of fused-ring (bicyclic) bond motifs is 2. The molecule has 2 aromatic heterocycles. The van der Waals surface area contributed by atoms with Crippen molar-refractivity contribution in [2.45, 2.75) is 19.3 Å². The van der Waals surface area contributed by atoms with Crippen molar-refractivity contribution >= 4 is 22.1 Å². The van der Waals surface area contributed by atoms with Crippen LogP contribution in [0.4, 0.5) is 5.82 Å². The fraction of sp³-hybridized carbons (Fsp3) is 0.214. The van der Waals surface area contributed by atoms with E-state index in [0.29, 0.717) is 0 Å². The van der Waals surface area contributed by atoms with Crippen LogP contribution in [-0.4, -0.2) is 9.38 Å². The first-order chi connectivity index (χ1) is 8.81. The quantitative estimate of drug-likeness (QED) is 0.726. The molecule has 0 aliphatic heterocycles. The van der Waals surface area contributed by atoms with Crippen LogP contribution in [-0.2, 0) is 12.8 Å². The Morgan fingerprint density at radius 2 is 2.11 bits per heavy atom. The lowest BCUT2D eigenvalue weighted by molar-refractivity contribution is 0.912. The zero-order valence-corrected chi connectivity index (χ0v) is 10.7. The number of aromatic nitrogens is 2. The van der Waals surface area contributed by atoms with Crippen LogP contribution in [0, 0.1) is 0 Å². The topological polar surface area (TPSA) is 43.3 Å². The lowest BCUT2D eigenvalue weighted by Crippen LogP contribution is -1.88. The van der Waals surface area contributed by atoms with Crippen LogP contribution in [0.3, 0.4) is 0 Å². The van der Waals surface area contributed by atoms with Crippen LogP contribution in [0.25, 0.3) is 16.2 Å². The highest BCUT2D eigenvalue weighted by molar-refractivity contribution is 7.15. The Balaban J connectivity index is 1.86. The Kier molecular flexibility index (Phi) is 2.02. The number of hydrogen-bond acceptors (Lipinski definition) is 3. The van der Waals surface area contributed by atoms with Crippen molar-refractivity contribution in [1.82, 2.24) is 9.38 Å². The molecule has 3 nitrogen and oxygen atoms in total. The van der Waals surface area contributed by atoms with Gasteiger partial charge in [0.2, 0.25) is 0 Å². The molecule has 0 bridgehead atoms. The minimum Gasteiger partial charge on any atom is -0.384 e. The van der Waals surface area contributed by atoms with Gasteiger partial charge in [-0.25, -0.2) is 4.98 Å². The van der Waals surface area contributed by atoms with Gasteiger partial charge >= 0.3 is 0 Å². The molecule has 3 aromatic rings. The molecule has 0 radical (unpaired) electrons. The normalized spacial score (nSPS) is 14.2. The number of rotatable bonds is 1. The maximum absolute atomic E-state index is 5.89. The molecule has 4 rings (SSSR count). The van der Waals surface area contributed by atoms with E-state index in [1.165, 1.54) is 36.0 Å². The average Bonchev–Trinajstić information content (AvgIpc) is 3.05. The zero-order valence-electron chi connectivity index (χ0n) is 9.89. The first-order valence-corrected chi connectivity index (χ1v) is 7.03. The molecule has 0 spiro atoms. The predicted octanol–water partition coefficient (Wildman–Crippen LogP) is 3.13. The molecule has 2 N–H and O–H groups in total. The standard InChI is InChI=1S/C14H13N3S/c15-13-8-18-14-16-12(7-17(13)14)11-5-4-9-2-1-3-10(9)6-11/h4-8H,1-3,15H2. The van der Waals surface area contributed by atoms with Gasteiger partial charge in [-0.05, 0) is 36.5 Å². The molecule has 0 amide bonds. The second kappa shape index (κ2) is 3.59. The Hall–Kier alpha value is -1.81. The number of imidazole rings is 1. The van der Waals surface area contributed by atoms with Gasteiger partial charge in [-0.2, -0.15) is 0 Å². The van der Waals surface area contributed by atoms with Crippen molar-refractivity contribution < 1.29 is 0 Å². The van der Waals surface area contributed by atoms with E-state index in [1.54, 1.807) is 11.3 Å². The molecular formula is C14H13N3S. The van der Waals surface area contributed by atoms with Crippen molar-refractivity contribution in [3.05, 3.63) is 40.9 Å². The summed E-state index contributed by atoms with van der Waals surface area (Å²) < 4.78 is 1.95. The van der Waals surface area contributed by atoms with Gasteiger partial charge in [0, 0.05) is 17.1 Å². The molecular weight excluding hydrogens is 242 g/mol. The number of nitrogens with zero attached hydrogens (tertiary/aromatic N) is 2. The monoisotopic (exact) mass is 255 g/mol. The van der Waals surface area contributed by atoms with Crippen molar-refractivity contribution in [1.29, 1.82) is 0 Å². The van der Waals surface area contributed by atoms with E-state index < -0.39 is 0 Å². The lowest BCUT2D eigenvalue weighted by Gasteiger charge is -2.01. The van der Waals surface area contributed by atoms with E-state index in [9.17, 15) is 0 Å². The molecule has 1 aliphatic rings. The maximum Gasteiger partial charge on any atom is 0.195 e. The molecule has 0 fully saturated rings. The summed E-state index contributed by atoms with van der Waals surface area (Å²) in [5, 5.41) is 1.93. The van der Waals surface area contributed by atoms with E-state index in [1.807, 2.05) is 16.0 Å². The lowest BCUT2D eigenvalue weighted by atomic mass is 10.1. The second-order valence-electron chi connectivity index (χ2n) is 4.78. The molecule has 0 saturated heterocycles. The third kappa shape index (κ3) is 1.39. The van der Waals surface area contributed by atoms with E-state index in [2.05, 4.69) is 23.2 Å². The van der Waals surface area contributed by atoms with Crippen LogP contribution >= 0.6 is 11.3 Å². The fourth-order valence-corrected chi connectivity index (χ4v) is 3.43. The SMILES string of the molecule is Nc1csc2nc(-c3ccc4c(c3)CCC4)cn12. The van der Waals surface area contributed by atoms with Gasteiger partial charge in [0.25, 0.3) is 0 Å². The van der Waals surface area contributed by atoms with Gasteiger partial charge in [-0.3, -0.25) is 4.40 Å². The summed E-state index contributed by atoms with van der Waals surface area (Å²) in [7, 11) is 0. The van der Waals surface area contributed by atoms with E-state index in [0.717, 1.165) is 16.5 Å². The van der Waals surface area contributed by atoms with Crippen LogP contribution in [0.15, 0.2) is 29.8 Å². The van der Waals surface area contributed by atoms with Crippen molar-refractivity contribution in [2.24, 2.45) is 0 Å². The maximum atomic E-state index is 5.89. The van der Waals surface area contributed by atoms with Crippen LogP contribution < -0.4 is 5.73 Å². The first kappa shape index (κ1) is 10.1. The summed E-state index contributed by atoms with van der Waals surface area (Å²) in [6.45, 7) is 0. The Morgan fingerprint density at radius 1 is 1.22 bits per heavy atom. The second-order valence-corrected chi connectivity index (χ2v) is 5.61. The molecule has 90 valence electrons. The molecule has 1 aliphatic carbocycles. The minimum atomic E-state index is 0.759. The smallest absolute Gasteiger partial charge is 0.195 e. The largest absolute Gasteiger partial charge is 0.384 e. The molecule has 4 heteroatoms. The fourth-order valence-electron chi connectivity index (χ4n) is 2.67. The van der Waals surface area contributed by atoms with Gasteiger partial charge in [0.15, 0.2) is 4.96 Å². The summed E-state index contributed by atoms with van der Waals surface area (Å²) >= 11 is 1.58. The Bertz CT molecular complexity index is 739. The number of nitrogens with two attached hydrogens (primary N) is 1. The van der Waals surface area contributed by atoms with Crippen LogP contribution in [0.5, 0.6) is 0 Å². The molecule has 18 heavy (non-hydrogen) atoms. The van der Waals surface area contributed by atoms with Gasteiger partial charge in [-0.1, -0.05) is 12.1 Å². The minimum absolute atomic E-state index is 0.759. The van der Waals surface area contributed by atoms with E-state index in [4.69, 9.17) is 5.73 Å². The highest BCUT2D eigenvalue weighted by Gasteiger charge is 2.13. The molecule has 0 unspecified atom stereocenters. The Labute approximate surface area is 109 Å².